The third kappa shape index (κ3) is 3.34. The van der Waals surface area contributed by atoms with E-state index in [1.165, 1.54) is 0 Å². The highest BCUT2D eigenvalue weighted by molar-refractivity contribution is 7.89. The zero-order valence-corrected chi connectivity index (χ0v) is 14.5. The lowest BCUT2D eigenvalue weighted by atomic mass is 10.1. The second-order valence-corrected chi connectivity index (χ2v) is 7.37. The van der Waals surface area contributed by atoms with Crippen LogP contribution in [0.5, 0.6) is 0 Å². The number of nitrogens with two attached hydrogens (primary N) is 1. The Morgan fingerprint density at radius 3 is 2.88 bits per heavy atom. The Morgan fingerprint density at radius 2 is 2.12 bits per heavy atom. The van der Waals surface area contributed by atoms with Crippen LogP contribution >= 0.6 is 0 Å². The molecule has 0 atom stereocenters. The number of hydrogen-bond acceptors (Lipinski definition) is 6. The molecule has 1 aromatic carbocycles. The Balaban J connectivity index is 2.07. The summed E-state index contributed by atoms with van der Waals surface area (Å²) in [6.45, 7) is 2.01. The molecule has 2 aromatic heterocycles. The zero-order valence-electron chi connectivity index (χ0n) is 13.7. The number of hydrogen-bond donors (Lipinski definition) is 3. The highest BCUT2D eigenvalue weighted by Gasteiger charge is 2.17. The standard InChI is InChI=1S/C16H19N5O3S/c1-11-3-4-12(25(23,24)20-5-2-8-22)9-13(11)14-10-19-16-15(17)18-6-7-21(14)16/h3-4,6-7,9-10,20,22H,2,5,8H2,1H3,(H2,17,18). The van der Waals surface area contributed by atoms with Gasteiger partial charge in [-0.05, 0) is 31.0 Å². The number of nitrogens with one attached hydrogen (secondary N) is 1. The second kappa shape index (κ2) is 6.79. The van der Waals surface area contributed by atoms with Crippen LogP contribution in [0.1, 0.15) is 12.0 Å². The Morgan fingerprint density at radius 1 is 1.32 bits per heavy atom. The number of aryl methyl sites for hydroxylation is 1. The molecule has 0 radical (unpaired) electrons. The van der Waals surface area contributed by atoms with E-state index in [2.05, 4.69) is 14.7 Å². The molecule has 25 heavy (non-hydrogen) atoms. The summed E-state index contributed by atoms with van der Waals surface area (Å²) in [4.78, 5) is 8.43. The molecule has 0 saturated carbocycles. The summed E-state index contributed by atoms with van der Waals surface area (Å²) in [5.41, 5.74) is 8.73. The second-order valence-electron chi connectivity index (χ2n) is 5.60. The largest absolute Gasteiger partial charge is 0.396 e. The Hall–Kier alpha value is -2.49. The molecule has 0 amide bonds. The Bertz CT molecular complexity index is 1010. The van der Waals surface area contributed by atoms with Crippen molar-refractivity contribution in [1.29, 1.82) is 0 Å². The predicted molar refractivity (Wildman–Crippen MR) is 94.5 cm³/mol. The average Bonchev–Trinajstić information content (AvgIpc) is 3.00. The summed E-state index contributed by atoms with van der Waals surface area (Å²) in [6, 6.07) is 4.91. The Kier molecular flexibility index (Phi) is 4.71. The lowest BCUT2D eigenvalue weighted by Crippen LogP contribution is -2.25. The lowest BCUT2D eigenvalue weighted by Gasteiger charge is -2.11. The number of nitrogens with zero attached hydrogens (tertiary/aromatic N) is 3. The van der Waals surface area contributed by atoms with Gasteiger partial charge in [-0.1, -0.05) is 6.07 Å². The van der Waals surface area contributed by atoms with Crippen molar-refractivity contribution in [3.05, 3.63) is 42.4 Å². The minimum absolute atomic E-state index is 0.0705. The molecule has 0 spiro atoms. The van der Waals surface area contributed by atoms with Crippen molar-refractivity contribution in [2.24, 2.45) is 0 Å². The van der Waals surface area contributed by atoms with Gasteiger partial charge in [0, 0.05) is 31.1 Å². The number of aromatic nitrogens is 3. The van der Waals surface area contributed by atoms with Crippen LogP contribution in [0.4, 0.5) is 5.82 Å². The van der Waals surface area contributed by atoms with E-state index in [1.807, 2.05) is 6.92 Å². The third-order valence-electron chi connectivity index (χ3n) is 3.88. The van der Waals surface area contributed by atoms with Gasteiger partial charge in [0.05, 0.1) is 16.8 Å². The number of rotatable bonds is 6. The molecule has 0 aliphatic rings. The van der Waals surface area contributed by atoms with Crippen LogP contribution in [0, 0.1) is 6.92 Å². The molecule has 2 heterocycles. The number of aliphatic hydroxyl groups is 1. The Labute approximate surface area is 145 Å². The van der Waals surface area contributed by atoms with Gasteiger partial charge in [-0.2, -0.15) is 0 Å². The van der Waals surface area contributed by atoms with E-state index in [1.54, 1.807) is 41.2 Å². The highest BCUT2D eigenvalue weighted by Crippen LogP contribution is 2.28. The first kappa shape index (κ1) is 17.3. The van der Waals surface area contributed by atoms with Gasteiger partial charge in [-0.15, -0.1) is 0 Å². The summed E-state index contributed by atoms with van der Waals surface area (Å²) in [7, 11) is -3.65. The molecule has 0 bridgehead atoms. The summed E-state index contributed by atoms with van der Waals surface area (Å²) in [6.07, 6.45) is 5.30. The van der Waals surface area contributed by atoms with Gasteiger partial charge in [0.15, 0.2) is 11.5 Å². The van der Waals surface area contributed by atoms with Crippen molar-refractivity contribution >= 4 is 21.5 Å². The molecular formula is C16H19N5O3S. The van der Waals surface area contributed by atoms with Crippen molar-refractivity contribution in [2.75, 3.05) is 18.9 Å². The van der Waals surface area contributed by atoms with Gasteiger partial charge in [0.1, 0.15) is 0 Å². The summed E-state index contributed by atoms with van der Waals surface area (Å²) in [5, 5.41) is 8.80. The number of nitrogen functional groups attached to an aromatic ring is 1. The van der Waals surface area contributed by atoms with Crippen LogP contribution in [0.15, 0.2) is 41.7 Å². The monoisotopic (exact) mass is 361 g/mol. The van der Waals surface area contributed by atoms with E-state index in [0.717, 1.165) is 16.8 Å². The van der Waals surface area contributed by atoms with Crippen molar-refractivity contribution in [3.63, 3.8) is 0 Å². The number of benzene rings is 1. The maximum atomic E-state index is 12.4. The molecule has 4 N–H and O–H groups in total. The van der Waals surface area contributed by atoms with Gasteiger partial charge in [-0.3, -0.25) is 4.40 Å². The molecule has 3 aromatic rings. The van der Waals surface area contributed by atoms with Crippen molar-refractivity contribution < 1.29 is 13.5 Å². The first-order valence-electron chi connectivity index (χ1n) is 7.73. The van der Waals surface area contributed by atoms with E-state index >= 15 is 0 Å². The fourth-order valence-corrected chi connectivity index (χ4v) is 3.65. The quantitative estimate of drug-likeness (QED) is 0.562. The molecular weight excluding hydrogens is 342 g/mol. The van der Waals surface area contributed by atoms with Gasteiger partial charge in [0.2, 0.25) is 10.0 Å². The summed E-state index contributed by atoms with van der Waals surface area (Å²) in [5.74, 6) is 0.306. The van der Waals surface area contributed by atoms with E-state index < -0.39 is 10.0 Å². The maximum absolute atomic E-state index is 12.4. The minimum atomic E-state index is -3.65. The number of sulfonamides is 1. The average molecular weight is 361 g/mol. The van der Waals surface area contributed by atoms with Crippen molar-refractivity contribution in [1.82, 2.24) is 19.1 Å². The molecule has 132 valence electrons. The number of anilines is 1. The number of fused-ring (bicyclic) bond motifs is 1. The predicted octanol–water partition coefficient (Wildman–Crippen LogP) is 0.948. The van der Waals surface area contributed by atoms with E-state index in [9.17, 15) is 8.42 Å². The van der Waals surface area contributed by atoms with Crippen LogP contribution in [0.3, 0.4) is 0 Å². The maximum Gasteiger partial charge on any atom is 0.240 e. The topological polar surface area (TPSA) is 123 Å². The highest BCUT2D eigenvalue weighted by atomic mass is 32.2. The van der Waals surface area contributed by atoms with Crippen LogP contribution in [-0.2, 0) is 10.0 Å². The first-order chi connectivity index (χ1) is 11.9. The fourth-order valence-electron chi connectivity index (χ4n) is 2.55. The molecule has 0 saturated heterocycles. The van der Waals surface area contributed by atoms with E-state index in [4.69, 9.17) is 10.8 Å². The fraction of sp³-hybridized carbons (Fsp3) is 0.250. The molecule has 0 aliphatic heterocycles. The van der Waals surface area contributed by atoms with E-state index in [-0.39, 0.29) is 18.0 Å². The SMILES string of the molecule is Cc1ccc(S(=O)(=O)NCCCO)cc1-c1cnc2c(N)nccn12. The van der Waals surface area contributed by atoms with Gasteiger partial charge in [-0.25, -0.2) is 23.1 Å². The smallest absolute Gasteiger partial charge is 0.240 e. The van der Waals surface area contributed by atoms with Gasteiger partial charge >= 0.3 is 0 Å². The lowest BCUT2D eigenvalue weighted by molar-refractivity contribution is 0.289. The molecule has 9 heteroatoms. The van der Waals surface area contributed by atoms with Crippen LogP contribution in [0.25, 0.3) is 16.9 Å². The van der Waals surface area contributed by atoms with E-state index in [0.29, 0.717) is 17.9 Å². The number of aliphatic hydroxyl groups excluding tert-OH is 1. The summed E-state index contributed by atoms with van der Waals surface area (Å²) < 4.78 is 29.1. The third-order valence-corrected chi connectivity index (χ3v) is 5.34. The molecule has 8 nitrogen and oxygen atoms in total. The van der Waals surface area contributed by atoms with Crippen LogP contribution in [-0.4, -0.2) is 41.0 Å². The van der Waals surface area contributed by atoms with Crippen molar-refractivity contribution in [2.45, 2.75) is 18.2 Å². The zero-order chi connectivity index (χ0) is 18.0. The van der Waals surface area contributed by atoms with Gasteiger partial charge in [0.25, 0.3) is 0 Å². The minimum Gasteiger partial charge on any atom is -0.396 e. The van der Waals surface area contributed by atoms with Crippen LogP contribution in [0.2, 0.25) is 0 Å². The normalized spacial score (nSPS) is 11.9. The van der Waals surface area contributed by atoms with Crippen molar-refractivity contribution in [3.8, 4) is 11.3 Å². The van der Waals surface area contributed by atoms with Crippen LogP contribution < -0.4 is 10.5 Å². The first-order valence-corrected chi connectivity index (χ1v) is 9.21. The van der Waals surface area contributed by atoms with Gasteiger partial charge < -0.3 is 10.8 Å². The molecule has 0 aliphatic carbocycles. The molecule has 3 rings (SSSR count). The summed E-state index contributed by atoms with van der Waals surface area (Å²) >= 11 is 0. The number of imidazole rings is 1. The molecule has 0 fully saturated rings. The molecule has 0 unspecified atom stereocenters.